The first-order chi connectivity index (χ1) is 5.70. The number of hydrogen-bond acceptors (Lipinski definition) is 2. The van der Waals surface area contributed by atoms with Gasteiger partial charge in [-0.1, -0.05) is 6.58 Å². The number of Topliss-reactive ketones (excluding diaryl/α,β-unsaturated/α-hetero) is 1. The van der Waals surface area contributed by atoms with Gasteiger partial charge in [-0.25, -0.2) is 0 Å². The van der Waals surface area contributed by atoms with Gasteiger partial charge in [0.15, 0.2) is 5.78 Å². The molecule has 0 saturated carbocycles. The van der Waals surface area contributed by atoms with Crippen molar-refractivity contribution in [3.8, 4) is 0 Å². The van der Waals surface area contributed by atoms with E-state index in [9.17, 15) is 4.79 Å². The van der Waals surface area contributed by atoms with Gasteiger partial charge < -0.3 is 4.74 Å². The maximum atomic E-state index is 11.2. The van der Waals surface area contributed by atoms with Crippen molar-refractivity contribution in [1.82, 2.24) is 0 Å². The van der Waals surface area contributed by atoms with Gasteiger partial charge in [-0.3, -0.25) is 4.79 Å². The molecule has 0 aromatic rings. The van der Waals surface area contributed by atoms with E-state index in [0.29, 0.717) is 12.0 Å². The second kappa shape index (κ2) is 4.41. The fraction of sp³-hybridized carbons (Fsp3) is 0.700. The Morgan fingerprint density at radius 3 is 2.83 bits per heavy atom. The molecule has 2 heteroatoms. The molecule has 0 amide bonds. The zero-order valence-electron chi connectivity index (χ0n) is 7.64. The summed E-state index contributed by atoms with van der Waals surface area (Å²) in [6, 6.07) is 0. The van der Waals surface area contributed by atoms with Gasteiger partial charge in [-0.2, -0.15) is 0 Å². The third kappa shape index (κ3) is 2.78. The van der Waals surface area contributed by atoms with Crippen molar-refractivity contribution in [2.24, 2.45) is 0 Å². The lowest BCUT2D eigenvalue weighted by atomic mass is 10.0. The normalized spacial score (nSPS) is 23.6. The minimum Gasteiger partial charge on any atom is -0.378 e. The maximum Gasteiger partial charge on any atom is 0.160 e. The molecule has 0 aromatic carbocycles. The van der Waals surface area contributed by atoms with Gasteiger partial charge in [0.1, 0.15) is 0 Å². The highest BCUT2D eigenvalue weighted by atomic mass is 16.5. The molecule has 1 unspecified atom stereocenters. The molecule has 68 valence electrons. The number of rotatable bonds is 3. The Balaban J connectivity index is 2.29. The van der Waals surface area contributed by atoms with Crippen LogP contribution < -0.4 is 0 Å². The molecule has 12 heavy (non-hydrogen) atoms. The summed E-state index contributed by atoms with van der Waals surface area (Å²) in [5.74, 6) is 0.141. The van der Waals surface area contributed by atoms with E-state index in [-0.39, 0.29) is 11.9 Å². The number of ether oxygens (including phenoxy) is 1. The first-order valence-corrected chi connectivity index (χ1v) is 4.50. The maximum absolute atomic E-state index is 11.2. The van der Waals surface area contributed by atoms with Crippen molar-refractivity contribution < 1.29 is 9.53 Å². The number of allylic oxidation sites excluding steroid dienone is 1. The van der Waals surface area contributed by atoms with E-state index >= 15 is 0 Å². The molecule has 0 aliphatic carbocycles. The highest BCUT2D eigenvalue weighted by molar-refractivity contribution is 5.94. The van der Waals surface area contributed by atoms with E-state index in [1.165, 1.54) is 6.42 Å². The minimum atomic E-state index is 0.141. The molecule has 1 aliphatic heterocycles. The van der Waals surface area contributed by atoms with Crippen LogP contribution in [0.15, 0.2) is 12.2 Å². The Morgan fingerprint density at radius 1 is 1.58 bits per heavy atom. The largest absolute Gasteiger partial charge is 0.378 e. The zero-order valence-corrected chi connectivity index (χ0v) is 7.64. The molecule has 0 N–H and O–H groups in total. The summed E-state index contributed by atoms with van der Waals surface area (Å²) in [6.07, 6.45) is 4.03. The van der Waals surface area contributed by atoms with Gasteiger partial charge in [0.25, 0.3) is 0 Å². The molecule has 1 heterocycles. The average Bonchev–Trinajstić information content (AvgIpc) is 2.06. The molecule has 0 aromatic heterocycles. The van der Waals surface area contributed by atoms with Crippen LogP contribution in [0, 0.1) is 0 Å². The number of ketones is 1. The lowest BCUT2D eigenvalue weighted by Gasteiger charge is -2.21. The topological polar surface area (TPSA) is 26.3 Å². The van der Waals surface area contributed by atoms with E-state index in [2.05, 4.69) is 6.58 Å². The molecule has 1 saturated heterocycles. The Labute approximate surface area is 73.6 Å². The van der Waals surface area contributed by atoms with Crippen molar-refractivity contribution in [3.63, 3.8) is 0 Å². The minimum absolute atomic E-state index is 0.141. The standard InChI is InChI=1S/C10H16O2/c1-8(2)10(11)7-9-5-3-4-6-12-9/h9H,1,3-7H2,2H3. The summed E-state index contributed by atoms with van der Waals surface area (Å²) in [5, 5.41) is 0. The summed E-state index contributed by atoms with van der Waals surface area (Å²) in [7, 11) is 0. The van der Waals surface area contributed by atoms with Crippen LogP contribution in [0.5, 0.6) is 0 Å². The highest BCUT2D eigenvalue weighted by Crippen LogP contribution is 2.16. The summed E-state index contributed by atoms with van der Waals surface area (Å²) in [5.41, 5.74) is 0.643. The van der Waals surface area contributed by atoms with Gasteiger partial charge in [0, 0.05) is 13.0 Å². The van der Waals surface area contributed by atoms with Crippen molar-refractivity contribution >= 4 is 5.78 Å². The first kappa shape index (κ1) is 9.46. The lowest BCUT2D eigenvalue weighted by Crippen LogP contribution is -2.22. The van der Waals surface area contributed by atoms with Gasteiger partial charge in [0.2, 0.25) is 0 Å². The zero-order chi connectivity index (χ0) is 8.97. The van der Waals surface area contributed by atoms with Crippen LogP contribution in [0.1, 0.15) is 32.6 Å². The first-order valence-electron chi connectivity index (χ1n) is 4.50. The number of carbonyl (C=O) groups is 1. The van der Waals surface area contributed by atoms with Gasteiger partial charge in [-0.05, 0) is 31.8 Å². The molecule has 1 fully saturated rings. The fourth-order valence-electron chi connectivity index (χ4n) is 1.35. The van der Waals surface area contributed by atoms with Crippen LogP contribution in [0.25, 0.3) is 0 Å². The van der Waals surface area contributed by atoms with Gasteiger partial charge in [0.05, 0.1) is 6.10 Å². The summed E-state index contributed by atoms with van der Waals surface area (Å²) < 4.78 is 5.44. The summed E-state index contributed by atoms with van der Waals surface area (Å²) in [6.45, 7) is 6.18. The molecule has 0 bridgehead atoms. The van der Waals surface area contributed by atoms with E-state index in [1.54, 1.807) is 6.92 Å². The summed E-state index contributed by atoms with van der Waals surface area (Å²) >= 11 is 0. The third-order valence-corrected chi connectivity index (χ3v) is 2.16. The van der Waals surface area contributed by atoms with Crippen LogP contribution in [0.2, 0.25) is 0 Å². The predicted molar refractivity (Wildman–Crippen MR) is 48.0 cm³/mol. The fourth-order valence-corrected chi connectivity index (χ4v) is 1.35. The van der Waals surface area contributed by atoms with Crippen LogP contribution in [-0.4, -0.2) is 18.5 Å². The average molecular weight is 168 g/mol. The second-order valence-electron chi connectivity index (χ2n) is 3.40. The Bertz CT molecular complexity index is 178. The number of carbonyl (C=O) groups excluding carboxylic acids is 1. The van der Waals surface area contributed by atoms with E-state index in [1.807, 2.05) is 0 Å². The Kier molecular flexibility index (Phi) is 3.48. The third-order valence-electron chi connectivity index (χ3n) is 2.16. The molecule has 1 atom stereocenters. The SMILES string of the molecule is C=C(C)C(=O)CC1CCCCO1. The molecule has 1 rings (SSSR count). The van der Waals surface area contributed by atoms with E-state index in [4.69, 9.17) is 4.74 Å². The molecule has 2 nitrogen and oxygen atoms in total. The molecular formula is C10H16O2. The molecule has 0 spiro atoms. The van der Waals surface area contributed by atoms with E-state index in [0.717, 1.165) is 19.4 Å². The smallest absolute Gasteiger partial charge is 0.160 e. The second-order valence-corrected chi connectivity index (χ2v) is 3.40. The predicted octanol–water partition coefficient (Wildman–Crippen LogP) is 2.09. The van der Waals surface area contributed by atoms with Crippen LogP contribution in [0.4, 0.5) is 0 Å². The van der Waals surface area contributed by atoms with Gasteiger partial charge in [-0.15, -0.1) is 0 Å². The van der Waals surface area contributed by atoms with Crippen molar-refractivity contribution in [3.05, 3.63) is 12.2 Å². The van der Waals surface area contributed by atoms with Crippen molar-refractivity contribution in [1.29, 1.82) is 0 Å². The van der Waals surface area contributed by atoms with Crippen LogP contribution in [0.3, 0.4) is 0 Å². The Hall–Kier alpha value is -0.630. The van der Waals surface area contributed by atoms with Gasteiger partial charge >= 0.3 is 0 Å². The quantitative estimate of drug-likeness (QED) is 0.603. The monoisotopic (exact) mass is 168 g/mol. The van der Waals surface area contributed by atoms with Crippen LogP contribution >= 0.6 is 0 Å². The summed E-state index contributed by atoms with van der Waals surface area (Å²) in [4.78, 5) is 11.2. The number of hydrogen-bond donors (Lipinski definition) is 0. The highest BCUT2D eigenvalue weighted by Gasteiger charge is 2.17. The molecular weight excluding hydrogens is 152 g/mol. The molecule has 0 radical (unpaired) electrons. The Morgan fingerprint density at radius 2 is 2.33 bits per heavy atom. The molecule has 1 aliphatic rings. The van der Waals surface area contributed by atoms with Crippen molar-refractivity contribution in [2.45, 2.75) is 38.7 Å². The van der Waals surface area contributed by atoms with Crippen LogP contribution in [-0.2, 0) is 9.53 Å². The lowest BCUT2D eigenvalue weighted by molar-refractivity contribution is -0.119. The van der Waals surface area contributed by atoms with E-state index < -0.39 is 0 Å². The van der Waals surface area contributed by atoms with Crippen molar-refractivity contribution in [2.75, 3.05) is 6.61 Å².